The van der Waals surface area contributed by atoms with Crippen LogP contribution in [0.2, 0.25) is 0 Å². The largest absolute Gasteiger partial charge is 0.496 e. The lowest BCUT2D eigenvalue weighted by Gasteiger charge is -2.22. The highest BCUT2D eigenvalue weighted by Crippen LogP contribution is 2.17. The molecule has 0 radical (unpaired) electrons. The van der Waals surface area contributed by atoms with Crippen LogP contribution >= 0.6 is 0 Å². The van der Waals surface area contributed by atoms with Crippen LogP contribution < -0.4 is 15.4 Å². The molecule has 0 aliphatic heterocycles. The number of hydrogen-bond acceptors (Lipinski definition) is 4. The summed E-state index contributed by atoms with van der Waals surface area (Å²) in [5.74, 6) is -0.213. The van der Waals surface area contributed by atoms with Gasteiger partial charge in [0.15, 0.2) is 0 Å². The molecule has 0 fully saturated rings. The monoisotopic (exact) mass is 336 g/mol. The number of carbonyl (C=O) groups is 2. The van der Waals surface area contributed by atoms with Crippen LogP contribution in [0.5, 0.6) is 5.75 Å². The highest BCUT2D eigenvalue weighted by atomic mass is 16.5. The highest BCUT2D eigenvalue weighted by molar-refractivity contribution is 5.99. The number of rotatable bonds is 9. The van der Waals surface area contributed by atoms with Gasteiger partial charge in [0.2, 0.25) is 5.91 Å². The molecule has 0 saturated carbocycles. The predicted octanol–water partition coefficient (Wildman–Crippen LogP) is 1.73. The zero-order chi connectivity index (χ0) is 18.1. The summed E-state index contributed by atoms with van der Waals surface area (Å²) in [5, 5.41) is 15.1. The van der Waals surface area contributed by atoms with Crippen molar-refractivity contribution in [2.75, 3.05) is 13.7 Å². The highest BCUT2D eigenvalue weighted by Gasteiger charge is 2.25. The molecular weight excluding hydrogens is 308 g/mol. The van der Waals surface area contributed by atoms with Gasteiger partial charge in [-0.05, 0) is 30.9 Å². The van der Waals surface area contributed by atoms with Crippen LogP contribution in [0.4, 0.5) is 0 Å². The molecule has 2 amide bonds. The van der Waals surface area contributed by atoms with Crippen LogP contribution in [0.25, 0.3) is 0 Å². The first kappa shape index (κ1) is 20.0. The molecule has 0 aliphatic rings. The van der Waals surface area contributed by atoms with Crippen LogP contribution in [0.1, 0.15) is 44.0 Å². The standard InChI is InChI=1S/C18H28N2O4/c1-5-13(21)10-11-19-18(23)16(12(2)3)20-17(22)14-8-6-7-9-15(14)24-4/h6-9,12-13,16,21H,5,10-11H2,1-4H3,(H,19,23)(H,20,22)/t13-,16-/m1/s1. The summed E-state index contributed by atoms with van der Waals surface area (Å²) in [4.78, 5) is 24.8. The van der Waals surface area contributed by atoms with E-state index in [1.807, 2.05) is 20.8 Å². The molecule has 1 rings (SSSR count). The zero-order valence-corrected chi connectivity index (χ0v) is 14.8. The second-order valence-corrected chi connectivity index (χ2v) is 6.04. The SMILES string of the molecule is CC[C@@H](O)CCNC(=O)[C@H](NC(=O)c1ccccc1OC)C(C)C. The summed E-state index contributed by atoms with van der Waals surface area (Å²) in [6, 6.07) is 6.23. The number of aliphatic hydroxyl groups is 1. The van der Waals surface area contributed by atoms with Gasteiger partial charge >= 0.3 is 0 Å². The average Bonchev–Trinajstić information content (AvgIpc) is 2.58. The van der Waals surface area contributed by atoms with Gasteiger partial charge in [-0.1, -0.05) is 32.9 Å². The van der Waals surface area contributed by atoms with Gasteiger partial charge in [0.05, 0.1) is 18.8 Å². The molecule has 0 heterocycles. The minimum atomic E-state index is -0.652. The summed E-state index contributed by atoms with van der Waals surface area (Å²) in [6.45, 7) is 6.00. The Labute approximate surface area is 143 Å². The van der Waals surface area contributed by atoms with E-state index in [1.54, 1.807) is 24.3 Å². The molecule has 2 atom stereocenters. The van der Waals surface area contributed by atoms with E-state index in [1.165, 1.54) is 7.11 Å². The lowest BCUT2D eigenvalue weighted by Crippen LogP contribution is -2.50. The summed E-state index contributed by atoms with van der Waals surface area (Å²) in [5.41, 5.74) is 0.389. The number of benzene rings is 1. The maximum absolute atomic E-state index is 12.5. The molecule has 1 aromatic rings. The Kier molecular flexibility index (Phi) is 8.26. The Balaban J connectivity index is 2.71. The molecule has 0 aliphatic carbocycles. The van der Waals surface area contributed by atoms with E-state index < -0.39 is 12.1 Å². The fourth-order valence-corrected chi connectivity index (χ4v) is 2.26. The van der Waals surface area contributed by atoms with Gasteiger partial charge in [0.25, 0.3) is 5.91 Å². The number of carbonyl (C=O) groups excluding carboxylic acids is 2. The van der Waals surface area contributed by atoms with Crippen molar-refractivity contribution in [1.29, 1.82) is 0 Å². The van der Waals surface area contributed by atoms with E-state index in [0.717, 1.165) is 0 Å². The van der Waals surface area contributed by atoms with Gasteiger partial charge in [0.1, 0.15) is 11.8 Å². The number of amides is 2. The molecule has 6 nitrogen and oxygen atoms in total. The number of nitrogens with one attached hydrogen (secondary N) is 2. The Hall–Kier alpha value is -2.08. The van der Waals surface area contributed by atoms with Crippen molar-refractivity contribution < 1.29 is 19.4 Å². The van der Waals surface area contributed by atoms with Crippen molar-refractivity contribution in [2.24, 2.45) is 5.92 Å². The fourth-order valence-electron chi connectivity index (χ4n) is 2.26. The summed E-state index contributed by atoms with van der Waals surface area (Å²) in [6.07, 6.45) is 0.715. The molecule has 0 bridgehead atoms. The maximum atomic E-state index is 12.5. The van der Waals surface area contributed by atoms with E-state index >= 15 is 0 Å². The van der Waals surface area contributed by atoms with Gasteiger partial charge < -0.3 is 20.5 Å². The maximum Gasteiger partial charge on any atom is 0.255 e. The van der Waals surface area contributed by atoms with E-state index in [9.17, 15) is 14.7 Å². The van der Waals surface area contributed by atoms with Gasteiger partial charge in [-0.3, -0.25) is 9.59 Å². The Morgan fingerprint density at radius 1 is 1.25 bits per heavy atom. The molecule has 0 aromatic heterocycles. The first-order valence-corrected chi connectivity index (χ1v) is 8.30. The number of methoxy groups -OCH3 is 1. The third kappa shape index (κ3) is 5.85. The summed E-state index contributed by atoms with van der Waals surface area (Å²) < 4.78 is 5.18. The van der Waals surface area contributed by atoms with E-state index in [2.05, 4.69) is 10.6 Å². The lowest BCUT2D eigenvalue weighted by molar-refractivity contribution is -0.124. The Morgan fingerprint density at radius 2 is 1.92 bits per heavy atom. The molecule has 0 spiro atoms. The van der Waals surface area contributed by atoms with Gasteiger partial charge in [0, 0.05) is 6.54 Å². The Morgan fingerprint density at radius 3 is 2.50 bits per heavy atom. The molecule has 6 heteroatoms. The van der Waals surface area contributed by atoms with Crippen molar-refractivity contribution in [3.63, 3.8) is 0 Å². The fraction of sp³-hybridized carbons (Fsp3) is 0.556. The summed E-state index contributed by atoms with van der Waals surface area (Å²) >= 11 is 0. The molecule has 134 valence electrons. The smallest absolute Gasteiger partial charge is 0.255 e. The third-order valence-corrected chi connectivity index (χ3v) is 3.84. The van der Waals surface area contributed by atoms with Crippen LogP contribution in [0, 0.1) is 5.92 Å². The number of hydrogen-bond donors (Lipinski definition) is 3. The van der Waals surface area contributed by atoms with E-state index in [4.69, 9.17) is 4.74 Å². The molecule has 3 N–H and O–H groups in total. The summed E-state index contributed by atoms with van der Waals surface area (Å²) in [7, 11) is 1.50. The lowest BCUT2D eigenvalue weighted by atomic mass is 10.0. The third-order valence-electron chi connectivity index (χ3n) is 3.84. The zero-order valence-electron chi connectivity index (χ0n) is 14.8. The minimum Gasteiger partial charge on any atom is -0.496 e. The van der Waals surface area contributed by atoms with E-state index in [0.29, 0.717) is 30.7 Å². The number of para-hydroxylation sites is 1. The van der Waals surface area contributed by atoms with Crippen LogP contribution in [0.15, 0.2) is 24.3 Å². The van der Waals surface area contributed by atoms with Crippen LogP contribution in [-0.4, -0.2) is 42.7 Å². The van der Waals surface area contributed by atoms with Gasteiger partial charge in [-0.2, -0.15) is 0 Å². The second-order valence-electron chi connectivity index (χ2n) is 6.04. The van der Waals surface area contributed by atoms with Crippen molar-refractivity contribution >= 4 is 11.8 Å². The molecule has 1 aromatic carbocycles. The van der Waals surface area contributed by atoms with Gasteiger partial charge in [-0.15, -0.1) is 0 Å². The van der Waals surface area contributed by atoms with Crippen molar-refractivity contribution in [3.8, 4) is 5.75 Å². The molecule has 0 saturated heterocycles. The number of ether oxygens (including phenoxy) is 1. The van der Waals surface area contributed by atoms with Crippen LogP contribution in [0.3, 0.4) is 0 Å². The normalized spacial score (nSPS) is 13.2. The van der Waals surface area contributed by atoms with Crippen molar-refractivity contribution in [3.05, 3.63) is 29.8 Å². The molecule has 0 unspecified atom stereocenters. The first-order valence-electron chi connectivity index (χ1n) is 8.30. The quantitative estimate of drug-likeness (QED) is 0.641. The van der Waals surface area contributed by atoms with Gasteiger partial charge in [-0.25, -0.2) is 0 Å². The molecular formula is C18H28N2O4. The van der Waals surface area contributed by atoms with Crippen molar-refractivity contribution in [1.82, 2.24) is 10.6 Å². The predicted molar refractivity (Wildman–Crippen MR) is 93.0 cm³/mol. The second kappa shape index (κ2) is 9.93. The van der Waals surface area contributed by atoms with Crippen molar-refractivity contribution in [2.45, 2.75) is 45.8 Å². The number of aliphatic hydroxyl groups excluding tert-OH is 1. The minimum absolute atomic E-state index is 0.0697. The topological polar surface area (TPSA) is 87.7 Å². The first-order chi connectivity index (χ1) is 11.4. The van der Waals surface area contributed by atoms with Crippen LogP contribution in [-0.2, 0) is 4.79 Å². The average molecular weight is 336 g/mol. The Bertz CT molecular complexity index is 546. The molecule has 24 heavy (non-hydrogen) atoms. The van der Waals surface area contributed by atoms with E-state index in [-0.39, 0.29) is 17.7 Å².